The highest BCUT2D eigenvalue weighted by Crippen LogP contribution is 2.30. The van der Waals surface area contributed by atoms with Crippen LogP contribution in [0.25, 0.3) is 0 Å². The van der Waals surface area contributed by atoms with Crippen molar-refractivity contribution in [3.05, 3.63) is 63.2 Å². The third-order valence-electron chi connectivity index (χ3n) is 4.95. The van der Waals surface area contributed by atoms with Crippen LogP contribution in [0.2, 0.25) is 0 Å². The van der Waals surface area contributed by atoms with Gasteiger partial charge in [0.05, 0.1) is 17.1 Å². The van der Waals surface area contributed by atoms with Gasteiger partial charge in [-0.3, -0.25) is 14.9 Å². The van der Waals surface area contributed by atoms with Crippen LogP contribution in [0.3, 0.4) is 0 Å². The molecule has 2 aliphatic heterocycles. The molecule has 8 nitrogen and oxygen atoms in total. The molecule has 0 unspecified atom stereocenters. The first kappa shape index (κ1) is 18.0. The van der Waals surface area contributed by atoms with E-state index in [4.69, 9.17) is 9.47 Å². The molecule has 0 spiro atoms. The smallest absolute Gasteiger partial charge is 0.338 e. The van der Waals surface area contributed by atoms with Gasteiger partial charge in [-0.25, -0.2) is 4.79 Å². The lowest BCUT2D eigenvalue weighted by Gasteiger charge is -2.29. The molecule has 1 amide bonds. The van der Waals surface area contributed by atoms with E-state index in [9.17, 15) is 19.7 Å². The van der Waals surface area contributed by atoms with Gasteiger partial charge in [0.1, 0.15) is 5.75 Å². The van der Waals surface area contributed by atoms with Gasteiger partial charge < -0.3 is 14.4 Å². The number of esters is 1. The molecule has 0 saturated carbocycles. The topological polar surface area (TPSA) is 99.0 Å². The molecular weight excluding hydrogens is 364 g/mol. The minimum absolute atomic E-state index is 0.0000611. The molecule has 4 rings (SSSR count). The lowest BCUT2D eigenvalue weighted by atomic mass is 10.0. The van der Waals surface area contributed by atoms with Crippen LogP contribution in [0.5, 0.6) is 5.75 Å². The van der Waals surface area contributed by atoms with Crippen LogP contribution in [-0.2, 0) is 22.4 Å². The molecule has 2 aromatic carbocycles. The minimum atomic E-state index is -0.566. The van der Waals surface area contributed by atoms with Gasteiger partial charge >= 0.3 is 5.97 Å². The molecule has 0 aromatic heterocycles. The standard InChI is InChI=1S/C20H18N2O6/c23-19(12-28-20(24)15-3-6-18-14(10-15)7-9-27-18)21-8-1-2-13-11-16(22(25)26)4-5-17(13)21/h3-6,10-11H,1-2,7-9,12H2. The normalized spacial score (nSPS) is 14.6. The van der Waals surface area contributed by atoms with Crippen LogP contribution in [0.15, 0.2) is 36.4 Å². The van der Waals surface area contributed by atoms with Gasteiger partial charge in [0.15, 0.2) is 6.61 Å². The summed E-state index contributed by atoms with van der Waals surface area (Å²) in [5, 5.41) is 10.9. The zero-order valence-electron chi connectivity index (χ0n) is 15.1. The lowest BCUT2D eigenvalue weighted by molar-refractivity contribution is -0.384. The van der Waals surface area contributed by atoms with Gasteiger partial charge in [-0.1, -0.05) is 0 Å². The number of amides is 1. The van der Waals surface area contributed by atoms with Crippen molar-refractivity contribution < 1.29 is 24.0 Å². The van der Waals surface area contributed by atoms with Gasteiger partial charge in [-0.2, -0.15) is 0 Å². The van der Waals surface area contributed by atoms with Crippen molar-refractivity contribution in [2.45, 2.75) is 19.3 Å². The molecule has 0 radical (unpaired) electrons. The first-order valence-corrected chi connectivity index (χ1v) is 9.03. The fourth-order valence-corrected chi connectivity index (χ4v) is 3.56. The Labute approximate surface area is 160 Å². The fourth-order valence-electron chi connectivity index (χ4n) is 3.56. The van der Waals surface area contributed by atoms with Crippen LogP contribution in [0, 0.1) is 10.1 Å². The average molecular weight is 382 g/mol. The van der Waals surface area contributed by atoms with E-state index in [0.29, 0.717) is 37.2 Å². The molecule has 28 heavy (non-hydrogen) atoms. The van der Waals surface area contributed by atoms with E-state index in [1.54, 1.807) is 24.3 Å². The fraction of sp³-hybridized carbons (Fsp3) is 0.300. The zero-order valence-corrected chi connectivity index (χ0v) is 15.1. The van der Waals surface area contributed by atoms with E-state index in [2.05, 4.69) is 0 Å². The second kappa shape index (κ2) is 7.30. The number of fused-ring (bicyclic) bond motifs is 2. The maximum Gasteiger partial charge on any atom is 0.338 e. The summed E-state index contributed by atoms with van der Waals surface area (Å²) in [6.07, 6.45) is 2.10. The molecule has 8 heteroatoms. The number of anilines is 1. The number of hydrogen-bond acceptors (Lipinski definition) is 6. The Kier molecular flexibility index (Phi) is 4.68. The number of benzene rings is 2. The predicted molar refractivity (Wildman–Crippen MR) is 99.7 cm³/mol. The Hall–Kier alpha value is -3.42. The van der Waals surface area contributed by atoms with Crippen LogP contribution in [0.4, 0.5) is 11.4 Å². The lowest BCUT2D eigenvalue weighted by Crippen LogP contribution is -2.38. The number of ether oxygens (including phenoxy) is 2. The molecule has 0 fully saturated rings. The largest absolute Gasteiger partial charge is 0.493 e. The monoisotopic (exact) mass is 382 g/mol. The third-order valence-corrected chi connectivity index (χ3v) is 4.95. The van der Waals surface area contributed by atoms with Crippen molar-refractivity contribution >= 4 is 23.3 Å². The maximum absolute atomic E-state index is 12.6. The quantitative estimate of drug-likeness (QED) is 0.458. The number of nitrogens with zero attached hydrogens (tertiary/aromatic N) is 2. The Balaban J connectivity index is 1.43. The Morgan fingerprint density at radius 1 is 1.14 bits per heavy atom. The van der Waals surface area contributed by atoms with Gasteiger partial charge in [-0.05, 0) is 48.2 Å². The molecule has 2 aromatic rings. The van der Waals surface area contributed by atoms with Gasteiger partial charge in [0, 0.05) is 30.8 Å². The summed E-state index contributed by atoms with van der Waals surface area (Å²) in [5.41, 5.74) is 2.71. The van der Waals surface area contributed by atoms with Crippen LogP contribution in [0.1, 0.15) is 27.9 Å². The van der Waals surface area contributed by atoms with Crippen LogP contribution < -0.4 is 9.64 Å². The first-order valence-electron chi connectivity index (χ1n) is 9.03. The molecule has 0 atom stereocenters. The van der Waals surface area contributed by atoms with E-state index < -0.39 is 10.9 Å². The molecule has 0 bridgehead atoms. The highest BCUT2D eigenvalue weighted by atomic mass is 16.6. The molecule has 0 aliphatic carbocycles. The Morgan fingerprint density at radius 2 is 2.00 bits per heavy atom. The van der Waals surface area contributed by atoms with E-state index >= 15 is 0 Å². The number of rotatable bonds is 4. The number of non-ortho nitro benzene ring substituents is 1. The molecule has 0 N–H and O–H groups in total. The molecule has 0 saturated heterocycles. The number of nitro groups is 1. The molecule has 2 heterocycles. The number of hydrogen-bond donors (Lipinski definition) is 0. The highest BCUT2D eigenvalue weighted by molar-refractivity contribution is 5.98. The summed E-state index contributed by atoms with van der Waals surface area (Å²) in [5.74, 6) is -0.150. The second-order valence-corrected chi connectivity index (χ2v) is 6.72. The van der Waals surface area contributed by atoms with E-state index in [-0.39, 0.29) is 18.2 Å². The van der Waals surface area contributed by atoms with Crippen molar-refractivity contribution in [1.82, 2.24) is 0 Å². The van der Waals surface area contributed by atoms with Crippen molar-refractivity contribution in [3.8, 4) is 5.75 Å². The van der Waals surface area contributed by atoms with E-state index in [1.807, 2.05) is 0 Å². The van der Waals surface area contributed by atoms with Crippen LogP contribution in [-0.4, -0.2) is 36.6 Å². The Bertz CT molecular complexity index is 971. The van der Waals surface area contributed by atoms with Crippen molar-refractivity contribution in [1.29, 1.82) is 0 Å². The highest BCUT2D eigenvalue weighted by Gasteiger charge is 2.25. The minimum Gasteiger partial charge on any atom is -0.493 e. The van der Waals surface area contributed by atoms with E-state index in [0.717, 1.165) is 23.3 Å². The summed E-state index contributed by atoms with van der Waals surface area (Å²) in [4.78, 5) is 36.9. The number of aryl methyl sites for hydroxylation is 1. The van der Waals surface area contributed by atoms with Gasteiger partial charge in [0.2, 0.25) is 0 Å². The SMILES string of the molecule is O=C(OCC(=O)N1CCCc2cc([N+](=O)[O-])ccc21)c1ccc2c(c1)CCO2. The Morgan fingerprint density at radius 3 is 2.82 bits per heavy atom. The summed E-state index contributed by atoms with van der Waals surface area (Å²) in [6, 6.07) is 9.52. The van der Waals surface area contributed by atoms with E-state index in [1.165, 1.54) is 17.0 Å². The van der Waals surface area contributed by atoms with Crippen molar-refractivity contribution in [3.63, 3.8) is 0 Å². The number of carbonyl (C=O) groups excluding carboxylic acids is 2. The average Bonchev–Trinajstić information content (AvgIpc) is 3.18. The third kappa shape index (κ3) is 3.40. The number of nitro benzene ring substituents is 1. The zero-order chi connectivity index (χ0) is 19.7. The van der Waals surface area contributed by atoms with Gasteiger partial charge in [-0.15, -0.1) is 0 Å². The van der Waals surface area contributed by atoms with Crippen LogP contribution >= 0.6 is 0 Å². The van der Waals surface area contributed by atoms with Crippen molar-refractivity contribution in [2.24, 2.45) is 0 Å². The van der Waals surface area contributed by atoms with Gasteiger partial charge in [0.25, 0.3) is 11.6 Å². The maximum atomic E-state index is 12.6. The summed E-state index contributed by atoms with van der Waals surface area (Å²) in [7, 11) is 0. The second-order valence-electron chi connectivity index (χ2n) is 6.72. The predicted octanol–water partition coefficient (Wildman–Crippen LogP) is 2.67. The summed E-state index contributed by atoms with van der Waals surface area (Å²) >= 11 is 0. The molecule has 144 valence electrons. The summed E-state index contributed by atoms with van der Waals surface area (Å²) in [6.45, 7) is 0.694. The molecule has 2 aliphatic rings. The molecular formula is C20H18N2O6. The summed E-state index contributed by atoms with van der Waals surface area (Å²) < 4.78 is 10.6. The van der Waals surface area contributed by atoms with Crippen molar-refractivity contribution in [2.75, 3.05) is 24.7 Å². The number of carbonyl (C=O) groups is 2. The first-order chi connectivity index (χ1) is 13.5.